The van der Waals surface area contributed by atoms with Crippen molar-refractivity contribution in [2.75, 3.05) is 13.1 Å². The maximum atomic E-state index is 12.0. The fourth-order valence-corrected chi connectivity index (χ4v) is 2.51. The number of nitriles is 1. The van der Waals surface area contributed by atoms with Gasteiger partial charge in [0.2, 0.25) is 0 Å². The van der Waals surface area contributed by atoms with Gasteiger partial charge in [0.05, 0.1) is 11.3 Å². The van der Waals surface area contributed by atoms with Crippen LogP contribution in [0.25, 0.3) is 0 Å². The lowest BCUT2D eigenvalue weighted by Crippen LogP contribution is -2.46. The van der Waals surface area contributed by atoms with Gasteiger partial charge in [0.1, 0.15) is 11.7 Å². The van der Waals surface area contributed by atoms with Gasteiger partial charge in [-0.05, 0) is 45.7 Å². The average molecular weight is 316 g/mol. The summed E-state index contributed by atoms with van der Waals surface area (Å²) in [5.41, 5.74) is 0.912. The number of hydrogen-bond donors (Lipinski definition) is 1. The summed E-state index contributed by atoms with van der Waals surface area (Å²) in [6, 6.07) is 6.01. The molecule has 0 bridgehead atoms. The number of nitrogens with one attached hydrogen (secondary N) is 1. The highest BCUT2D eigenvalue weighted by molar-refractivity contribution is 5.68. The van der Waals surface area contributed by atoms with Crippen LogP contribution in [0.5, 0.6) is 0 Å². The van der Waals surface area contributed by atoms with Gasteiger partial charge in [-0.25, -0.2) is 4.79 Å². The van der Waals surface area contributed by atoms with Gasteiger partial charge in [0.15, 0.2) is 0 Å². The van der Waals surface area contributed by atoms with Crippen LogP contribution >= 0.6 is 0 Å². The van der Waals surface area contributed by atoms with E-state index in [4.69, 9.17) is 10.00 Å². The van der Waals surface area contributed by atoms with Crippen LogP contribution in [0.3, 0.4) is 0 Å². The summed E-state index contributed by atoms with van der Waals surface area (Å²) in [6.07, 6.45) is 3.19. The number of rotatable bonds is 3. The lowest BCUT2D eigenvalue weighted by molar-refractivity contribution is 0.0198. The molecule has 1 saturated heterocycles. The number of carbonyl (C=O) groups is 1. The molecule has 23 heavy (non-hydrogen) atoms. The first-order chi connectivity index (χ1) is 10.9. The smallest absolute Gasteiger partial charge is 0.410 e. The molecule has 6 heteroatoms. The Bertz CT molecular complexity index is 581. The van der Waals surface area contributed by atoms with Gasteiger partial charge in [0.25, 0.3) is 0 Å². The normalized spacial score (nSPS) is 16.0. The van der Waals surface area contributed by atoms with Gasteiger partial charge < -0.3 is 15.0 Å². The van der Waals surface area contributed by atoms with E-state index in [0.717, 1.165) is 18.5 Å². The number of likely N-dealkylation sites (tertiary alicyclic amines) is 1. The van der Waals surface area contributed by atoms with Crippen LogP contribution in [0, 0.1) is 11.3 Å². The summed E-state index contributed by atoms with van der Waals surface area (Å²) in [4.78, 5) is 18.0. The number of hydrogen-bond acceptors (Lipinski definition) is 5. The van der Waals surface area contributed by atoms with E-state index in [-0.39, 0.29) is 6.09 Å². The van der Waals surface area contributed by atoms with Crippen molar-refractivity contribution in [3.05, 3.63) is 29.6 Å². The summed E-state index contributed by atoms with van der Waals surface area (Å²) >= 11 is 0. The quantitative estimate of drug-likeness (QED) is 0.926. The van der Waals surface area contributed by atoms with Crippen LogP contribution < -0.4 is 5.32 Å². The van der Waals surface area contributed by atoms with Crippen molar-refractivity contribution in [3.63, 3.8) is 0 Å². The van der Waals surface area contributed by atoms with Crippen molar-refractivity contribution in [1.82, 2.24) is 15.2 Å². The molecule has 0 aliphatic carbocycles. The Labute approximate surface area is 137 Å². The molecule has 0 atom stereocenters. The van der Waals surface area contributed by atoms with Gasteiger partial charge in [-0.2, -0.15) is 5.26 Å². The van der Waals surface area contributed by atoms with Crippen LogP contribution in [0.1, 0.15) is 44.9 Å². The Morgan fingerprint density at radius 3 is 2.78 bits per heavy atom. The number of aromatic nitrogens is 1. The van der Waals surface area contributed by atoms with Crippen LogP contribution in [0.4, 0.5) is 4.79 Å². The third kappa shape index (κ3) is 5.22. The third-order valence-electron chi connectivity index (χ3n) is 3.72. The Hall–Kier alpha value is -2.13. The highest BCUT2D eigenvalue weighted by Gasteiger charge is 2.26. The van der Waals surface area contributed by atoms with E-state index in [0.29, 0.717) is 31.2 Å². The zero-order chi connectivity index (χ0) is 16.9. The number of piperidine rings is 1. The molecule has 1 aliphatic heterocycles. The maximum Gasteiger partial charge on any atom is 0.410 e. The summed E-state index contributed by atoms with van der Waals surface area (Å²) in [6.45, 7) is 7.55. The lowest BCUT2D eigenvalue weighted by Gasteiger charge is -2.33. The van der Waals surface area contributed by atoms with Crippen LogP contribution in [0.15, 0.2) is 18.3 Å². The fourth-order valence-electron chi connectivity index (χ4n) is 2.51. The van der Waals surface area contributed by atoms with Crippen molar-refractivity contribution in [1.29, 1.82) is 5.26 Å². The van der Waals surface area contributed by atoms with Crippen molar-refractivity contribution >= 4 is 6.09 Å². The topological polar surface area (TPSA) is 78.2 Å². The molecule has 0 aromatic carbocycles. The van der Waals surface area contributed by atoms with E-state index >= 15 is 0 Å². The minimum Gasteiger partial charge on any atom is -0.444 e. The molecule has 1 N–H and O–H groups in total. The van der Waals surface area contributed by atoms with Gasteiger partial charge >= 0.3 is 6.09 Å². The zero-order valence-corrected chi connectivity index (χ0v) is 14.0. The molecule has 6 nitrogen and oxygen atoms in total. The Balaban J connectivity index is 1.79. The second-order valence-corrected chi connectivity index (χ2v) is 6.73. The van der Waals surface area contributed by atoms with Crippen molar-refractivity contribution < 1.29 is 9.53 Å². The fraction of sp³-hybridized carbons (Fsp3) is 0.588. The van der Waals surface area contributed by atoms with Crippen molar-refractivity contribution in [3.8, 4) is 6.07 Å². The minimum atomic E-state index is -0.459. The number of ether oxygens (including phenoxy) is 1. The molecular weight excluding hydrogens is 292 g/mol. The molecule has 0 radical (unpaired) electrons. The predicted molar refractivity (Wildman–Crippen MR) is 86.6 cm³/mol. The second kappa shape index (κ2) is 7.42. The number of nitrogens with zero attached hydrogens (tertiary/aromatic N) is 3. The minimum absolute atomic E-state index is 0.243. The number of pyridine rings is 1. The zero-order valence-electron chi connectivity index (χ0n) is 14.0. The molecule has 0 saturated carbocycles. The maximum absolute atomic E-state index is 12.0. The average Bonchev–Trinajstić information content (AvgIpc) is 2.52. The first-order valence-corrected chi connectivity index (χ1v) is 7.94. The first-order valence-electron chi connectivity index (χ1n) is 7.94. The van der Waals surface area contributed by atoms with E-state index in [2.05, 4.69) is 16.4 Å². The Kier molecular flexibility index (Phi) is 5.56. The molecule has 2 heterocycles. The van der Waals surface area contributed by atoms with E-state index in [1.54, 1.807) is 23.2 Å². The summed E-state index contributed by atoms with van der Waals surface area (Å²) < 4.78 is 5.39. The second-order valence-electron chi connectivity index (χ2n) is 6.73. The molecule has 1 aromatic rings. The monoisotopic (exact) mass is 316 g/mol. The Morgan fingerprint density at radius 2 is 2.17 bits per heavy atom. The molecule has 0 spiro atoms. The molecule has 2 rings (SSSR count). The van der Waals surface area contributed by atoms with Gasteiger partial charge in [-0.3, -0.25) is 4.98 Å². The largest absolute Gasteiger partial charge is 0.444 e. The molecular formula is C17H24N4O2. The van der Waals surface area contributed by atoms with E-state index in [1.165, 1.54) is 0 Å². The van der Waals surface area contributed by atoms with Crippen LogP contribution in [-0.2, 0) is 11.3 Å². The molecule has 1 aromatic heterocycles. The van der Waals surface area contributed by atoms with Crippen LogP contribution in [0.2, 0.25) is 0 Å². The highest BCUT2D eigenvalue weighted by Crippen LogP contribution is 2.16. The Morgan fingerprint density at radius 1 is 1.48 bits per heavy atom. The van der Waals surface area contributed by atoms with Gasteiger partial charge in [-0.15, -0.1) is 0 Å². The van der Waals surface area contributed by atoms with Crippen LogP contribution in [-0.4, -0.2) is 40.7 Å². The summed E-state index contributed by atoms with van der Waals surface area (Å²) in [7, 11) is 0. The number of carbonyl (C=O) groups excluding carboxylic acids is 1. The SMILES string of the molecule is CC(C)(C)OC(=O)N1CCC(NCc2ncccc2C#N)CC1. The molecule has 1 aliphatic rings. The molecule has 124 valence electrons. The number of amides is 1. The van der Waals surface area contributed by atoms with E-state index in [1.807, 2.05) is 20.8 Å². The molecule has 1 fully saturated rings. The first kappa shape index (κ1) is 17.2. The lowest BCUT2D eigenvalue weighted by atomic mass is 10.0. The summed E-state index contributed by atoms with van der Waals surface area (Å²) in [5.74, 6) is 0. The predicted octanol–water partition coefficient (Wildman–Crippen LogP) is 2.44. The molecule has 0 unspecified atom stereocenters. The standard InChI is InChI=1S/C17H24N4O2/c1-17(2,3)23-16(22)21-9-6-14(7-10-21)20-12-15-13(11-18)5-4-8-19-15/h4-5,8,14,20H,6-7,9-10,12H2,1-3H3. The van der Waals surface area contributed by atoms with E-state index in [9.17, 15) is 4.79 Å². The summed E-state index contributed by atoms with van der Waals surface area (Å²) in [5, 5.41) is 12.5. The highest BCUT2D eigenvalue weighted by atomic mass is 16.6. The van der Waals surface area contributed by atoms with E-state index < -0.39 is 5.60 Å². The van der Waals surface area contributed by atoms with Gasteiger partial charge in [0, 0.05) is 31.9 Å². The molecule has 1 amide bonds. The van der Waals surface area contributed by atoms with Crippen molar-refractivity contribution in [2.24, 2.45) is 0 Å². The van der Waals surface area contributed by atoms with Crippen molar-refractivity contribution in [2.45, 2.75) is 51.8 Å². The third-order valence-corrected chi connectivity index (χ3v) is 3.72. The van der Waals surface area contributed by atoms with Gasteiger partial charge in [-0.1, -0.05) is 0 Å².